The normalized spacial score (nSPS) is 10.1. The first kappa shape index (κ1) is 10.5. The van der Waals surface area contributed by atoms with Gasteiger partial charge in [-0.3, -0.25) is 4.98 Å². The van der Waals surface area contributed by atoms with Crippen molar-refractivity contribution in [3.05, 3.63) is 53.9 Å². The Morgan fingerprint density at radius 3 is 2.81 bits per heavy atom. The molecule has 0 fully saturated rings. The number of rotatable bonds is 3. The van der Waals surface area contributed by atoms with Gasteiger partial charge in [0, 0.05) is 12.3 Å². The summed E-state index contributed by atoms with van der Waals surface area (Å²) in [4.78, 5) is 4.15. The number of hydrogen-bond acceptors (Lipinski definition) is 3. The molecule has 16 heavy (non-hydrogen) atoms. The van der Waals surface area contributed by atoms with Crippen LogP contribution in [0.4, 0.5) is 0 Å². The molecule has 1 aromatic heterocycles. The second-order valence-corrected chi connectivity index (χ2v) is 3.61. The van der Waals surface area contributed by atoms with Gasteiger partial charge in [-0.2, -0.15) is 0 Å². The van der Waals surface area contributed by atoms with Gasteiger partial charge in [0.25, 0.3) is 0 Å². The van der Waals surface area contributed by atoms with Crippen LogP contribution in [0.2, 0.25) is 0 Å². The molecule has 3 nitrogen and oxygen atoms in total. The molecular weight excluding hydrogens is 202 g/mol. The molecule has 82 valence electrons. The van der Waals surface area contributed by atoms with E-state index in [9.17, 15) is 5.11 Å². The Morgan fingerprint density at radius 1 is 1.25 bits per heavy atom. The number of pyridine rings is 1. The molecule has 0 aliphatic rings. The van der Waals surface area contributed by atoms with Gasteiger partial charge in [-0.1, -0.05) is 6.07 Å². The van der Waals surface area contributed by atoms with Crippen LogP contribution >= 0.6 is 0 Å². The van der Waals surface area contributed by atoms with Crippen molar-refractivity contribution in [2.45, 2.75) is 13.5 Å². The monoisotopic (exact) mass is 215 g/mol. The van der Waals surface area contributed by atoms with Crippen LogP contribution in [0.1, 0.15) is 11.3 Å². The zero-order valence-electron chi connectivity index (χ0n) is 9.05. The van der Waals surface area contributed by atoms with Crippen molar-refractivity contribution in [2.24, 2.45) is 0 Å². The van der Waals surface area contributed by atoms with E-state index < -0.39 is 0 Å². The Labute approximate surface area is 94.3 Å². The molecule has 0 aliphatic carbocycles. The fourth-order valence-electron chi connectivity index (χ4n) is 1.45. The third-order valence-electron chi connectivity index (χ3n) is 2.15. The molecule has 0 bridgehead atoms. The molecule has 0 unspecified atom stereocenters. The van der Waals surface area contributed by atoms with Crippen LogP contribution < -0.4 is 4.74 Å². The highest BCUT2D eigenvalue weighted by molar-refractivity contribution is 5.36. The van der Waals surface area contributed by atoms with E-state index in [0.29, 0.717) is 12.4 Å². The molecule has 0 aliphatic heterocycles. The van der Waals surface area contributed by atoms with Gasteiger partial charge in [0.2, 0.25) is 0 Å². The summed E-state index contributed by atoms with van der Waals surface area (Å²) in [5.74, 6) is 0.874. The lowest BCUT2D eigenvalue weighted by molar-refractivity contribution is 0.299. The SMILES string of the molecule is Cc1cc(O)cc(OCc2ccccn2)c1. The smallest absolute Gasteiger partial charge is 0.130 e. The number of phenolic OH excluding ortho intramolecular Hbond substituents is 1. The Hall–Kier alpha value is -2.03. The van der Waals surface area contributed by atoms with E-state index in [0.717, 1.165) is 11.3 Å². The zero-order chi connectivity index (χ0) is 11.4. The van der Waals surface area contributed by atoms with E-state index in [1.54, 1.807) is 18.3 Å². The molecule has 0 amide bonds. The second kappa shape index (κ2) is 4.66. The van der Waals surface area contributed by atoms with Crippen molar-refractivity contribution in [3.8, 4) is 11.5 Å². The predicted octanol–water partition coefficient (Wildman–Crippen LogP) is 2.67. The molecule has 0 spiro atoms. The first-order valence-electron chi connectivity index (χ1n) is 5.07. The lowest BCUT2D eigenvalue weighted by Gasteiger charge is -2.06. The van der Waals surface area contributed by atoms with Crippen LogP contribution in [-0.4, -0.2) is 10.1 Å². The fourth-order valence-corrected chi connectivity index (χ4v) is 1.45. The van der Waals surface area contributed by atoms with Gasteiger partial charge in [-0.15, -0.1) is 0 Å². The number of aromatic nitrogens is 1. The van der Waals surface area contributed by atoms with Crippen molar-refractivity contribution >= 4 is 0 Å². The van der Waals surface area contributed by atoms with Crippen molar-refractivity contribution in [1.29, 1.82) is 0 Å². The molecular formula is C13H13NO2. The number of nitrogens with zero attached hydrogens (tertiary/aromatic N) is 1. The third-order valence-corrected chi connectivity index (χ3v) is 2.15. The second-order valence-electron chi connectivity index (χ2n) is 3.61. The number of aryl methyl sites for hydroxylation is 1. The first-order valence-corrected chi connectivity index (χ1v) is 5.07. The minimum atomic E-state index is 0.219. The average Bonchev–Trinajstić information content (AvgIpc) is 2.27. The highest BCUT2D eigenvalue weighted by Crippen LogP contribution is 2.21. The summed E-state index contributed by atoms with van der Waals surface area (Å²) < 4.78 is 5.53. The van der Waals surface area contributed by atoms with E-state index in [-0.39, 0.29) is 5.75 Å². The quantitative estimate of drug-likeness (QED) is 0.855. The summed E-state index contributed by atoms with van der Waals surface area (Å²) in [5.41, 5.74) is 1.83. The minimum Gasteiger partial charge on any atom is -0.508 e. The Morgan fingerprint density at radius 2 is 2.12 bits per heavy atom. The topological polar surface area (TPSA) is 42.4 Å². The number of ether oxygens (including phenoxy) is 1. The summed E-state index contributed by atoms with van der Waals surface area (Å²) >= 11 is 0. The summed E-state index contributed by atoms with van der Waals surface area (Å²) in [5, 5.41) is 9.40. The molecule has 3 heteroatoms. The number of aromatic hydroxyl groups is 1. The van der Waals surface area contributed by atoms with Gasteiger partial charge < -0.3 is 9.84 Å². The molecule has 0 saturated heterocycles. The van der Waals surface area contributed by atoms with Crippen LogP contribution in [0.25, 0.3) is 0 Å². The van der Waals surface area contributed by atoms with Crippen LogP contribution in [0.15, 0.2) is 42.6 Å². The molecule has 0 atom stereocenters. The molecule has 2 aromatic rings. The number of phenols is 1. The summed E-state index contributed by atoms with van der Waals surface area (Å²) in [6, 6.07) is 10.8. The van der Waals surface area contributed by atoms with Gasteiger partial charge in [-0.05, 0) is 36.8 Å². The van der Waals surface area contributed by atoms with E-state index in [4.69, 9.17) is 4.74 Å². The first-order chi connectivity index (χ1) is 7.74. The van der Waals surface area contributed by atoms with Gasteiger partial charge in [0.1, 0.15) is 18.1 Å². The molecule has 1 N–H and O–H groups in total. The number of hydrogen-bond donors (Lipinski definition) is 1. The highest BCUT2D eigenvalue weighted by Gasteiger charge is 1.99. The van der Waals surface area contributed by atoms with Crippen LogP contribution in [-0.2, 0) is 6.61 Å². The molecule has 0 radical (unpaired) electrons. The Bertz CT molecular complexity index is 448. The maximum absolute atomic E-state index is 9.40. The molecule has 1 heterocycles. The average molecular weight is 215 g/mol. The molecule has 1 aromatic carbocycles. The van der Waals surface area contributed by atoms with E-state index in [2.05, 4.69) is 4.98 Å². The van der Waals surface area contributed by atoms with Crippen molar-refractivity contribution < 1.29 is 9.84 Å². The van der Waals surface area contributed by atoms with Gasteiger partial charge in [0.05, 0.1) is 5.69 Å². The number of benzene rings is 1. The van der Waals surface area contributed by atoms with Gasteiger partial charge >= 0.3 is 0 Å². The Kier molecular flexibility index (Phi) is 3.05. The molecule has 0 saturated carbocycles. The Balaban J connectivity index is 2.05. The maximum Gasteiger partial charge on any atom is 0.130 e. The fraction of sp³-hybridized carbons (Fsp3) is 0.154. The van der Waals surface area contributed by atoms with E-state index in [1.165, 1.54) is 0 Å². The summed E-state index contributed by atoms with van der Waals surface area (Å²) in [6.45, 7) is 2.32. The molecule has 2 rings (SSSR count). The van der Waals surface area contributed by atoms with E-state index in [1.807, 2.05) is 31.2 Å². The summed E-state index contributed by atoms with van der Waals surface area (Å²) in [6.07, 6.45) is 1.73. The standard InChI is InChI=1S/C13H13NO2/c1-10-6-12(15)8-13(7-10)16-9-11-4-2-3-5-14-11/h2-8,15H,9H2,1H3. The lowest BCUT2D eigenvalue weighted by atomic mass is 10.2. The van der Waals surface area contributed by atoms with Gasteiger partial charge in [0.15, 0.2) is 0 Å². The highest BCUT2D eigenvalue weighted by atomic mass is 16.5. The van der Waals surface area contributed by atoms with Crippen molar-refractivity contribution in [3.63, 3.8) is 0 Å². The van der Waals surface area contributed by atoms with Crippen LogP contribution in [0.3, 0.4) is 0 Å². The van der Waals surface area contributed by atoms with E-state index >= 15 is 0 Å². The van der Waals surface area contributed by atoms with Crippen LogP contribution in [0.5, 0.6) is 11.5 Å². The van der Waals surface area contributed by atoms with Crippen LogP contribution in [0, 0.1) is 6.92 Å². The lowest BCUT2D eigenvalue weighted by Crippen LogP contribution is -1.97. The zero-order valence-corrected chi connectivity index (χ0v) is 9.05. The largest absolute Gasteiger partial charge is 0.508 e. The third kappa shape index (κ3) is 2.73. The summed E-state index contributed by atoms with van der Waals surface area (Å²) in [7, 11) is 0. The maximum atomic E-state index is 9.40. The predicted molar refractivity (Wildman–Crippen MR) is 61.4 cm³/mol. The minimum absolute atomic E-state index is 0.219. The van der Waals surface area contributed by atoms with Gasteiger partial charge in [-0.25, -0.2) is 0 Å². The van der Waals surface area contributed by atoms with Crippen molar-refractivity contribution in [1.82, 2.24) is 4.98 Å². The van der Waals surface area contributed by atoms with Crippen molar-refractivity contribution in [2.75, 3.05) is 0 Å².